The molecule has 1 aromatic heterocycles. The fraction of sp³-hybridized carbons (Fsp3) is 0.667. The lowest BCUT2D eigenvalue weighted by molar-refractivity contribution is -0.132. The van der Waals surface area contributed by atoms with Crippen molar-refractivity contribution >= 4 is 17.7 Å². The van der Waals surface area contributed by atoms with Crippen molar-refractivity contribution in [3.63, 3.8) is 0 Å². The number of aromatic nitrogens is 1. The maximum atomic E-state index is 11.8. The summed E-state index contributed by atoms with van der Waals surface area (Å²) in [6, 6.07) is 4.57. The van der Waals surface area contributed by atoms with Crippen molar-refractivity contribution in [2.45, 2.75) is 74.6 Å². The Bertz CT molecular complexity index is 496. The number of thioether (sulfide) groups is 1. The van der Waals surface area contributed by atoms with Crippen LogP contribution in [0.15, 0.2) is 23.4 Å². The van der Waals surface area contributed by atoms with Gasteiger partial charge in [-0.2, -0.15) is 0 Å². The van der Waals surface area contributed by atoms with E-state index in [2.05, 4.69) is 17.1 Å². The standard InChI is InChI=1S/C18H26N2OS/c1-14(21)20-12-6-5-9-17(20)15-10-11-18(19-13-15)22-16-7-3-2-4-8-16/h10-11,13,16-17H,2-9,12H2,1H3/t17-/m0/s1. The topological polar surface area (TPSA) is 33.2 Å². The first kappa shape index (κ1) is 15.9. The van der Waals surface area contributed by atoms with Crippen molar-refractivity contribution in [3.8, 4) is 0 Å². The van der Waals surface area contributed by atoms with Gasteiger partial charge in [-0.05, 0) is 43.7 Å². The molecule has 3 nitrogen and oxygen atoms in total. The fourth-order valence-electron chi connectivity index (χ4n) is 3.67. The van der Waals surface area contributed by atoms with Crippen LogP contribution < -0.4 is 0 Å². The van der Waals surface area contributed by atoms with E-state index in [4.69, 9.17) is 0 Å². The summed E-state index contributed by atoms with van der Waals surface area (Å²) >= 11 is 1.94. The van der Waals surface area contributed by atoms with Crippen LogP contribution in [0.5, 0.6) is 0 Å². The second-order valence-corrected chi connectivity index (χ2v) is 7.85. The van der Waals surface area contributed by atoms with Crippen molar-refractivity contribution in [2.24, 2.45) is 0 Å². The lowest BCUT2D eigenvalue weighted by Crippen LogP contribution is -2.36. The van der Waals surface area contributed by atoms with Crippen molar-refractivity contribution in [2.75, 3.05) is 6.54 Å². The van der Waals surface area contributed by atoms with Crippen molar-refractivity contribution in [1.82, 2.24) is 9.88 Å². The largest absolute Gasteiger partial charge is 0.336 e. The van der Waals surface area contributed by atoms with Crippen molar-refractivity contribution in [3.05, 3.63) is 23.9 Å². The maximum absolute atomic E-state index is 11.8. The Labute approximate surface area is 137 Å². The molecule has 1 amide bonds. The third kappa shape index (κ3) is 3.83. The molecule has 0 radical (unpaired) electrons. The molecule has 1 saturated heterocycles. The van der Waals surface area contributed by atoms with E-state index in [0.717, 1.165) is 29.7 Å². The highest BCUT2D eigenvalue weighted by molar-refractivity contribution is 7.99. The molecule has 0 spiro atoms. The second kappa shape index (κ2) is 7.49. The number of amides is 1. The van der Waals surface area contributed by atoms with Gasteiger partial charge >= 0.3 is 0 Å². The number of carbonyl (C=O) groups is 1. The summed E-state index contributed by atoms with van der Waals surface area (Å²) in [7, 11) is 0. The molecule has 2 aliphatic rings. The first-order valence-corrected chi connectivity index (χ1v) is 9.52. The first-order chi connectivity index (χ1) is 10.7. The summed E-state index contributed by atoms with van der Waals surface area (Å²) in [5.74, 6) is 0.186. The third-order valence-electron chi connectivity index (χ3n) is 4.89. The Kier molecular flexibility index (Phi) is 5.40. The van der Waals surface area contributed by atoms with Gasteiger partial charge in [0.1, 0.15) is 0 Å². The molecule has 0 bridgehead atoms. The monoisotopic (exact) mass is 318 g/mol. The van der Waals surface area contributed by atoms with E-state index < -0.39 is 0 Å². The smallest absolute Gasteiger partial charge is 0.219 e. The highest BCUT2D eigenvalue weighted by Gasteiger charge is 2.26. The molecule has 2 heterocycles. The average molecular weight is 318 g/mol. The number of hydrogen-bond donors (Lipinski definition) is 0. The van der Waals surface area contributed by atoms with E-state index in [-0.39, 0.29) is 11.9 Å². The minimum Gasteiger partial charge on any atom is -0.336 e. The third-order valence-corrected chi connectivity index (χ3v) is 6.18. The molecule has 1 atom stereocenters. The van der Waals surface area contributed by atoms with Crippen LogP contribution in [0.3, 0.4) is 0 Å². The Morgan fingerprint density at radius 1 is 1.14 bits per heavy atom. The molecular formula is C18H26N2OS. The van der Waals surface area contributed by atoms with E-state index in [1.54, 1.807) is 6.92 Å². The van der Waals surface area contributed by atoms with E-state index in [1.165, 1.54) is 44.1 Å². The van der Waals surface area contributed by atoms with Gasteiger partial charge in [-0.25, -0.2) is 4.98 Å². The van der Waals surface area contributed by atoms with Crippen LogP contribution in [0.2, 0.25) is 0 Å². The molecular weight excluding hydrogens is 292 g/mol. The summed E-state index contributed by atoms with van der Waals surface area (Å²) in [5, 5.41) is 1.89. The van der Waals surface area contributed by atoms with Gasteiger partial charge < -0.3 is 4.90 Å². The second-order valence-electron chi connectivity index (χ2n) is 6.53. The Morgan fingerprint density at radius 3 is 2.59 bits per heavy atom. The van der Waals surface area contributed by atoms with E-state index in [9.17, 15) is 4.79 Å². The number of nitrogens with zero attached hydrogens (tertiary/aromatic N) is 2. The predicted molar refractivity (Wildman–Crippen MR) is 90.9 cm³/mol. The molecule has 1 saturated carbocycles. The fourth-order valence-corrected chi connectivity index (χ4v) is 4.84. The molecule has 2 fully saturated rings. The van der Waals surface area contributed by atoms with Gasteiger partial charge in [-0.3, -0.25) is 4.79 Å². The minimum absolute atomic E-state index is 0.186. The highest BCUT2D eigenvalue weighted by Crippen LogP contribution is 2.34. The van der Waals surface area contributed by atoms with Gasteiger partial charge in [-0.15, -0.1) is 11.8 Å². The van der Waals surface area contributed by atoms with E-state index in [1.807, 2.05) is 22.9 Å². The summed E-state index contributed by atoms with van der Waals surface area (Å²) in [6.45, 7) is 2.57. The SMILES string of the molecule is CC(=O)N1CCCC[C@H]1c1ccc(SC2CCCCC2)nc1. The predicted octanol–water partition coefficient (Wildman–Crippen LogP) is 4.58. The zero-order valence-corrected chi connectivity index (χ0v) is 14.3. The van der Waals surface area contributed by atoms with Gasteiger partial charge in [0, 0.05) is 24.9 Å². The first-order valence-electron chi connectivity index (χ1n) is 8.64. The Morgan fingerprint density at radius 2 is 1.91 bits per heavy atom. The number of hydrogen-bond acceptors (Lipinski definition) is 3. The molecule has 0 N–H and O–H groups in total. The summed E-state index contributed by atoms with van der Waals surface area (Å²) < 4.78 is 0. The van der Waals surface area contributed by atoms with Crippen molar-refractivity contribution in [1.29, 1.82) is 0 Å². The molecule has 1 aliphatic heterocycles. The van der Waals surface area contributed by atoms with Crippen LogP contribution >= 0.6 is 11.8 Å². The van der Waals surface area contributed by atoms with Crippen LogP contribution in [0.1, 0.15) is 69.9 Å². The molecule has 1 aromatic rings. The summed E-state index contributed by atoms with van der Waals surface area (Å²) in [4.78, 5) is 18.5. The lowest BCUT2D eigenvalue weighted by atomic mass is 9.96. The van der Waals surface area contributed by atoms with Crippen molar-refractivity contribution < 1.29 is 4.79 Å². The number of pyridine rings is 1. The zero-order valence-electron chi connectivity index (χ0n) is 13.5. The number of carbonyl (C=O) groups excluding carboxylic acids is 1. The number of piperidine rings is 1. The Balaban J connectivity index is 1.66. The van der Waals surface area contributed by atoms with Gasteiger partial charge in [0.25, 0.3) is 0 Å². The number of rotatable bonds is 3. The van der Waals surface area contributed by atoms with Crippen LogP contribution in [-0.4, -0.2) is 27.6 Å². The van der Waals surface area contributed by atoms with Crippen LogP contribution in [-0.2, 0) is 4.79 Å². The molecule has 1 aliphatic carbocycles. The zero-order chi connectivity index (χ0) is 15.4. The normalized spacial score (nSPS) is 23.5. The van der Waals surface area contributed by atoms with Crippen LogP contribution in [0.25, 0.3) is 0 Å². The molecule has 0 unspecified atom stereocenters. The van der Waals surface area contributed by atoms with Gasteiger partial charge in [0.15, 0.2) is 0 Å². The quantitative estimate of drug-likeness (QED) is 0.818. The lowest BCUT2D eigenvalue weighted by Gasteiger charge is -2.35. The van der Waals surface area contributed by atoms with Gasteiger partial charge in [0.2, 0.25) is 5.91 Å². The summed E-state index contributed by atoms with van der Waals surface area (Å²) in [6.07, 6.45) is 12.2. The summed E-state index contributed by atoms with van der Waals surface area (Å²) in [5.41, 5.74) is 1.20. The molecule has 120 valence electrons. The minimum atomic E-state index is 0.186. The molecule has 4 heteroatoms. The van der Waals surface area contributed by atoms with E-state index >= 15 is 0 Å². The number of likely N-dealkylation sites (tertiary alicyclic amines) is 1. The Hall–Kier alpha value is -1.03. The molecule has 0 aromatic carbocycles. The average Bonchev–Trinajstić information content (AvgIpc) is 2.56. The van der Waals surface area contributed by atoms with Gasteiger partial charge in [0.05, 0.1) is 11.1 Å². The highest BCUT2D eigenvalue weighted by atomic mass is 32.2. The van der Waals surface area contributed by atoms with Gasteiger partial charge in [-0.1, -0.05) is 25.3 Å². The van der Waals surface area contributed by atoms with Crippen LogP contribution in [0, 0.1) is 0 Å². The maximum Gasteiger partial charge on any atom is 0.219 e. The van der Waals surface area contributed by atoms with E-state index in [0.29, 0.717) is 0 Å². The molecule has 3 rings (SSSR count). The molecule has 22 heavy (non-hydrogen) atoms. The van der Waals surface area contributed by atoms with Crippen LogP contribution in [0.4, 0.5) is 0 Å².